The lowest BCUT2D eigenvalue weighted by Gasteiger charge is -2.15. The first-order chi connectivity index (χ1) is 6.79. The zero-order valence-corrected chi connectivity index (χ0v) is 9.72. The van der Waals surface area contributed by atoms with Gasteiger partial charge in [-0.15, -0.1) is 0 Å². The van der Waals surface area contributed by atoms with Crippen LogP contribution in [-0.2, 0) is 4.74 Å². The summed E-state index contributed by atoms with van der Waals surface area (Å²) >= 11 is 0. The minimum Gasteiger partial charge on any atom is -0.378 e. The van der Waals surface area contributed by atoms with Crippen molar-refractivity contribution in [3.8, 4) is 0 Å². The van der Waals surface area contributed by atoms with Crippen molar-refractivity contribution in [1.29, 1.82) is 0 Å². The molecule has 1 atom stereocenters. The van der Waals surface area contributed by atoms with E-state index >= 15 is 0 Å². The van der Waals surface area contributed by atoms with Gasteiger partial charge in [0.05, 0.1) is 6.10 Å². The van der Waals surface area contributed by atoms with Gasteiger partial charge in [0.15, 0.2) is 0 Å². The zero-order valence-electron chi connectivity index (χ0n) is 9.72. The number of ether oxygens (including phenoxy) is 1. The lowest BCUT2D eigenvalue weighted by Crippen LogP contribution is -2.17. The molecular weight excluding hydrogens is 174 g/mol. The summed E-state index contributed by atoms with van der Waals surface area (Å²) in [4.78, 5) is 0. The number of hydrogen-bond donors (Lipinski definition) is 1. The van der Waals surface area contributed by atoms with Gasteiger partial charge < -0.3 is 10.1 Å². The van der Waals surface area contributed by atoms with Crippen LogP contribution in [0.15, 0.2) is 0 Å². The highest BCUT2D eigenvalue weighted by atomic mass is 16.5. The van der Waals surface area contributed by atoms with Gasteiger partial charge in [-0.2, -0.15) is 0 Å². The average molecular weight is 199 g/mol. The van der Waals surface area contributed by atoms with E-state index in [9.17, 15) is 0 Å². The van der Waals surface area contributed by atoms with Crippen LogP contribution < -0.4 is 5.32 Å². The fourth-order valence-electron chi connectivity index (χ4n) is 1.90. The molecule has 1 aliphatic heterocycles. The molecule has 14 heavy (non-hydrogen) atoms. The second-order valence-corrected chi connectivity index (χ2v) is 4.71. The van der Waals surface area contributed by atoms with Gasteiger partial charge in [0, 0.05) is 6.61 Å². The Labute approximate surface area is 88.4 Å². The lowest BCUT2D eigenvalue weighted by molar-refractivity contribution is 0.0418. The maximum Gasteiger partial charge on any atom is 0.0587 e. The summed E-state index contributed by atoms with van der Waals surface area (Å²) in [5.74, 6) is 0.814. The summed E-state index contributed by atoms with van der Waals surface area (Å²) in [5.41, 5.74) is 0. The van der Waals surface area contributed by atoms with Gasteiger partial charge in [-0.25, -0.2) is 0 Å². The van der Waals surface area contributed by atoms with E-state index in [4.69, 9.17) is 4.74 Å². The molecule has 0 saturated carbocycles. The molecule has 1 saturated heterocycles. The van der Waals surface area contributed by atoms with Crippen LogP contribution in [0, 0.1) is 5.92 Å². The standard InChI is InChI=1S/C12H25NO/c1-11(2)5-4-10-14-12-6-3-8-13-9-7-12/h11-13H,3-10H2,1-2H3. The molecule has 1 rings (SSSR count). The highest BCUT2D eigenvalue weighted by Gasteiger charge is 2.11. The van der Waals surface area contributed by atoms with Gasteiger partial charge in [0.1, 0.15) is 0 Å². The predicted octanol–water partition coefficient (Wildman–Crippen LogP) is 2.58. The van der Waals surface area contributed by atoms with Gasteiger partial charge in [0.2, 0.25) is 0 Å². The Morgan fingerprint density at radius 2 is 2.14 bits per heavy atom. The summed E-state index contributed by atoms with van der Waals surface area (Å²) in [7, 11) is 0. The van der Waals surface area contributed by atoms with Crippen molar-refractivity contribution in [2.24, 2.45) is 5.92 Å². The van der Waals surface area contributed by atoms with Crippen molar-refractivity contribution in [2.45, 2.75) is 52.1 Å². The molecule has 0 spiro atoms. The summed E-state index contributed by atoms with van der Waals surface area (Å²) < 4.78 is 5.87. The normalized spacial score (nSPS) is 23.8. The minimum absolute atomic E-state index is 0.525. The van der Waals surface area contributed by atoms with Crippen molar-refractivity contribution in [3.63, 3.8) is 0 Å². The van der Waals surface area contributed by atoms with Gasteiger partial charge >= 0.3 is 0 Å². The van der Waals surface area contributed by atoms with Crippen LogP contribution in [-0.4, -0.2) is 25.8 Å². The zero-order chi connectivity index (χ0) is 10.2. The maximum absolute atomic E-state index is 5.87. The van der Waals surface area contributed by atoms with E-state index in [-0.39, 0.29) is 0 Å². The molecule has 84 valence electrons. The van der Waals surface area contributed by atoms with Crippen LogP contribution in [0.1, 0.15) is 46.0 Å². The molecule has 2 heteroatoms. The van der Waals surface area contributed by atoms with Crippen molar-refractivity contribution in [2.75, 3.05) is 19.7 Å². The third-order valence-electron chi connectivity index (χ3n) is 2.80. The van der Waals surface area contributed by atoms with Crippen LogP contribution in [0.3, 0.4) is 0 Å². The Kier molecular flexibility index (Phi) is 6.20. The first-order valence-corrected chi connectivity index (χ1v) is 6.11. The van der Waals surface area contributed by atoms with E-state index in [1.165, 1.54) is 38.6 Å². The quantitative estimate of drug-likeness (QED) is 0.687. The molecule has 0 amide bonds. The molecule has 0 aliphatic carbocycles. The fourth-order valence-corrected chi connectivity index (χ4v) is 1.90. The van der Waals surface area contributed by atoms with Crippen LogP contribution in [0.5, 0.6) is 0 Å². The first kappa shape index (κ1) is 12.0. The molecule has 0 aromatic carbocycles. The molecule has 1 fully saturated rings. The van der Waals surface area contributed by atoms with Gasteiger partial charge in [-0.3, -0.25) is 0 Å². The molecule has 0 radical (unpaired) electrons. The topological polar surface area (TPSA) is 21.3 Å². The first-order valence-electron chi connectivity index (χ1n) is 6.11. The maximum atomic E-state index is 5.87. The highest BCUT2D eigenvalue weighted by Crippen LogP contribution is 2.11. The highest BCUT2D eigenvalue weighted by molar-refractivity contribution is 4.66. The van der Waals surface area contributed by atoms with Crippen LogP contribution in [0.4, 0.5) is 0 Å². The molecule has 1 N–H and O–H groups in total. The van der Waals surface area contributed by atoms with E-state index in [0.29, 0.717) is 6.10 Å². The largest absolute Gasteiger partial charge is 0.378 e. The molecule has 0 bridgehead atoms. The Morgan fingerprint density at radius 1 is 1.29 bits per heavy atom. The summed E-state index contributed by atoms with van der Waals surface area (Å²) in [6, 6.07) is 0. The second-order valence-electron chi connectivity index (χ2n) is 4.71. The van der Waals surface area contributed by atoms with Gasteiger partial charge in [0.25, 0.3) is 0 Å². The van der Waals surface area contributed by atoms with E-state index in [1.807, 2.05) is 0 Å². The van der Waals surface area contributed by atoms with Crippen LogP contribution >= 0.6 is 0 Å². The molecule has 1 heterocycles. The second kappa shape index (κ2) is 7.24. The predicted molar refractivity (Wildman–Crippen MR) is 60.5 cm³/mol. The monoisotopic (exact) mass is 199 g/mol. The Morgan fingerprint density at radius 3 is 2.93 bits per heavy atom. The van der Waals surface area contributed by atoms with Crippen LogP contribution in [0.25, 0.3) is 0 Å². The van der Waals surface area contributed by atoms with Crippen molar-refractivity contribution >= 4 is 0 Å². The van der Waals surface area contributed by atoms with E-state index in [1.54, 1.807) is 0 Å². The molecular formula is C12H25NO. The van der Waals surface area contributed by atoms with Crippen molar-refractivity contribution < 1.29 is 4.74 Å². The third-order valence-corrected chi connectivity index (χ3v) is 2.80. The van der Waals surface area contributed by atoms with E-state index in [0.717, 1.165) is 19.1 Å². The molecule has 2 nitrogen and oxygen atoms in total. The van der Waals surface area contributed by atoms with E-state index < -0.39 is 0 Å². The van der Waals surface area contributed by atoms with Gasteiger partial charge in [-0.05, 0) is 51.1 Å². The number of nitrogens with one attached hydrogen (secondary N) is 1. The Hall–Kier alpha value is -0.0800. The Bertz CT molecular complexity index is 128. The Balaban J connectivity index is 1.99. The fraction of sp³-hybridized carbons (Fsp3) is 1.00. The van der Waals surface area contributed by atoms with Crippen LogP contribution in [0.2, 0.25) is 0 Å². The van der Waals surface area contributed by atoms with Crippen molar-refractivity contribution in [3.05, 3.63) is 0 Å². The van der Waals surface area contributed by atoms with Crippen molar-refractivity contribution in [1.82, 2.24) is 5.32 Å². The van der Waals surface area contributed by atoms with E-state index in [2.05, 4.69) is 19.2 Å². The lowest BCUT2D eigenvalue weighted by atomic mass is 10.1. The summed E-state index contributed by atoms with van der Waals surface area (Å²) in [5, 5.41) is 3.41. The third kappa shape index (κ3) is 5.61. The average Bonchev–Trinajstić information content (AvgIpc) is 2.40. The number of rotatable bonds is 5. The van der Waals surface area contributed by atoms with Gasteiger partial charge in [-0.1, -0.05) is 13.8 Å². The number of hydrogen-bond acceptors (Lipinski definition) is 2. The minimum atomic E-state index is 0.525. The molecule has 1 unspecified atom stereocenters. The SMILES string of the molecule is CC(C)CCCOC1CCCNCC1. The molecule has 0 aromatic heterocycles. The molecule has 0 aromatic rings. The summed E-state index contributed by atoms with van der Waals surface area (Å²) in [6.07, 6.45) is 6.76. The summed E-state index contributed by atoms with van der Waals surface area (Å²) in [6.45, 7) is 7.81. The smallest absolute Gasteiger partial charge is 0.0587 e. The molecule has 1 aliphatic rings.